The van der Waals surface area contributed by atoms with E-state index < -0.39 is 0 Å². The highest BCUT2D eigenvalue weighted by Gasteiger charge is 2.23. The second-order valence-corrected chi connectivity index (χ2v) is 6.59. The van der Waals surface area contributed by atoms with Gasteiger partial charge < -0.3 is 10.6 Å². The third-order valence-corrected chi connectivity index (χ3v) is 4.03. The molecular formula is C17H31N3. The molecule has 0 aliphatic carbocycles. The highest BCUT2D eigenvalue weighted by molar-refractivity contribution is 5.46. The minimum absolute atomic E-state index is 0.161. The lowest BCUT2D eigenvalue weighted by molar-refractivity contribution is 0.148. The molecule has 0 saturated carbocycles. The van der Waals surface area contributed by atoms with Gasteiger partial charge >= 0.3 is 0 Å². The Hall–Kier alpha value is -1.06. The predicted molar refractivity (Wildman–Crippen MR) is 89.3 cm³/mol. The van der Waals surface area contributed by atoms with Gasteiger partial charge in [-0.3, -0.25) is 4.90 Å². The first kappa shape index (κ1) is 17.0. The molecule has 0 fully saturated rings. The number of nitrogens with two attached hydrogens (primary N) is 1. The van der Waals surface area contributed by atoms with Crippen molar-refractivity contribution in [2.75, 3.05) is 38.6 Å². The van der Waals surface area contributed by atoms with Crippen molar-refractivity contribution in [3.8, 4) is 0 Å². The van der Waals surface area contributed by atoms with Crippen LogP contribution < -0.4 is 10.6 Å². The summed E-state index contributed by atoms with van der Waals surface area (Å²) in [6.07, 6.45) is 0. The molecule has 0 aromatic heterocycles. The van der Waals surface area contributed by atoms with Crippen molar-refractivity contribution < 1.29 is 0 Å². The van der Waals surface area contributed by atoms with Crippen LogP contribution in [0, 0.1) is 5.41 Å². The fourth-order valence-electron chi connectivity index (χ4n) is 2.40. The van der Waals surface area contributed by atoms with E-state index in [0.29, 0.717) is 6.04 Å². The Labute approximate surface area is 124 Å². The van der Waals surface area contributed by atoms with E-state index in [2.05, 4.69) is 75.9 Å². The Morgan fingerprint density at radius 2 is 1.70 bits per heavy atom. The molecule has 114 valence electrons. The standard InChI is InChI=1S/C17H31N3/c1-7-20(13-17(3,4)12-18)14(2)15-8-10-16(11-9-15)19(5)6/h8-11,14H,7,12-13,18H2,1-6H3. The fraction of sp³-hybridized carbons (Fsp3) is 0.647. The van der Waals surface area contributed by atoms with Gasteiger partial charge in [-0.2, -0.15) is 0 Å². The largest absolute Gasteiger partial charge is 0.378 e. The fourth-order valence-corrected chi connectivity index (χ4v) is 2.40. The maximum absolute atomic E-state index is 5.87. The van der Waals surface area contributed by atoms with Gasteiger partial charge in [0, 0.05) is 32.4 Å². The predicted octanol–water partition coefficient (Wildman–Crippen LogP) is 3.12. The van der Waals surface area contributed by atoms with E-state index in [0.717, 1.165) is 19.6 Å². The molecule has 0 amide bonds. The maximum atomic E-state index is 5.87. The summed E-state index contributed by atoms with van der Waals surface area (Å²) in [7, 11) is 4.14. The van der Waals surface area contributed by atoms with Crippen LogP contribution in [-0.2, 0) is 0 Å². The molecule has 1 rings (SSSR count). The average Bonchev–Trinajstić information content (AvgIpc) is 2.44. The van der Waals surface area contributed by atoms with Crippen LogP contribution in [0.1, 0.15) is 39.3 Å². The highest BCUT2D eigenvalue weighted by Crippen LogP contribution is 2.26. The van der Waals surface area contributed by atoms with Gasteiger partial charge in [0.25, 0.3) is 0 Å². The van der Waals surface area contributed by atoms with Gasteiger partial charge in [0.1, 0.15) is 0 Å². The van der Waals surface area contributed by atoms with Crippen LogP contribution >= 0.6 is 0 Å². The van der Waals surface area contributed by atoms with Crippen LogP contribution in [-0.4, -0.2) is 38.6 Å². The highest BCUT2D eigenvalue weighted by atomic mass is 15.2. The SMILES string of the molecule is CCN(CC(C)(C)CN)C(C)c1ccc(N(C)C)cc1. The van der Waals surface area contributed by atoms with Crippen molar-refractivity contribution in [2.24, 2.45) is 11.1 Å². The van der Waals surface area contributed by atoms with Crippen molar-refractivity contribution in [1.82, 2.24) is 4.90 Å². The molecule has 1 unspecified atom stereocenters. The van der Waals surface area contributed by atoms with Crippen molar-refractivity contribution in [2.45, 2.75) is 33.7 Å². The smallest absolute Gasteiger partial charge is 0.0361 e. The third kappa shape index (κ3) is 4.50. The Morgan fingerprint density at radius 3 is 2.10 bits per heavy atom. The normalized spacial score (nSPS) is 13.6. The van der Waals surface area contributed by atoms with E-state index in [4.69, 9.17) is 5.73 Å². The van der Waals surface area contributed by atoms with Crippen molar-refractivity contribution in [3.05, 3.63) is 29.8 Å². The van der Waals surface area contributed by atoms with E-state index >= 15 is 0 Å². The van der Waals surface area contributed by atoms with Gasteiger partial charge in [-0.15, -0.1) is 0 Å². The molecule has 0 aliphatic heterocycles. The second kappa shape index (κ2) is 7.09. The van der Waals surface area contributed by atoms with Crippen LogP contribution in [0.25, 0.3) is 0 Å². The van der Waals surface area contributed by atoms with Crippen LogP contribution in [0.3, 0.4) is 0 Å². The van der Waals surface area contributed by atoms with Gasteiger partial charge in [0.15, 0.2) is 0 Å². The minimum Gasteiger partial charge on any atom is -0.378 e. The number of hydrogen-bond donors (Lipinski definition) is 1. The summed E-state index contributed by atoms with van der Waals surface area (Å²) in [6.45, 7) is 11.7. The molecule has 20 heavy (non-hydrogen) atoms. The molecule has 0 heterocycles. The van der Waals surface area contributed by atoms with Crippen LogP contribution in [0.4, 0.5) is 5.69 Å². The van der Waals surface area contributed by atoms with Gasteiger partial charge in [-0.05, 0) is 43.1 Å². The lowest BCUT2D eigenvalue weighted by Gasteiger charge is -2.35. The van der Waals surface area contributed by atoms with E-state index in [1.807, 2.05) is 0 Å². The Morgan fingerprint density at radius 1 is 1.15 bits per heavy atom. The zero-order chi connectivity index (χ0) is 15.3. The van der Waals surface area contributed by atoms with Crippen LogP contribution in [0.5, 0.6) is 0 Å². The minimum atomic E-state index is 0.161. The van der Waals surface area contributed by atoms with Crippen molar-refractivity contribution in [3.63, 3.8) is 0 Å². The van der Waals surface area contributed by atoms with Crippen molar-refractivity contribution in [1.29, 1.82) is 0 Å². The summed E-state index contributed by atoms with van der Waals surface area (Å²) in [5, 5.41) is 0. The van der Waals surface area contributed by atoms with Crippen LogP contribution in [0.15, 0.2) is 24.3 Å². The van der Waals surface area contributed by atoms with Crippen molar-refractivity contribution >= 4 is 5.69 Å². The van der Waals surface area contributed by atoms with Crippen LogP contribution in [0.2, 0.25) is 0 Å². The van der Waals surface area contributed by atoms with E-state index in [-0.39, 0.29) is 5.41 Å². The quantitative estimate of drug-likeness (QED) is 0.831. The van der Waals surface area contributed by atoms with E-state index in [1.165, 1.54) is 11.3 Å². The van der Waals surface area contributed by atoms with Gasteiger partial charge in [0.05, 0.1) is 0 Å². The maximum Gasteiger partial charge on any atom is 0.0361 e. The molecule has 1 atom stereocenters. The molecule has 2 N–H and O–H groups in total. The third-order valence-electron chi connectivity index (χ3n) is 4.03. The van der Waals surface area contributed by atoms with Gasteiger partial charge in [0.2, 0.25) is 0 Å². The lowest BCUT2D eigenvalue weighted by Crippen LogP contribution is -2.39. The summed E-state index contributed by atoms with van der Waals surface area (Å²) < 4.78 is 0. The number of anilines is 1. The summed E-state index contributed by atoms with van der Waals surface area (Å²) in [4.78, 5) is 4.63. The number of nitrogens with zero attached hydrogens (tertiary/aromatic N) is 2. The zero-order valence-electron chi connectivity index (χ0n) is 14.0. The Balaban J connectivity index is 2.82. The topological polar surface area (TPSA) is 32.5 Å². The van der Waals surface area contributed by atoms with E-state index in [9.17, 15) is 0 Å². The molecule has 0 aliphatic rings. The first-order chi connectivity index (χ1) is 9.30. The number of rotatable bonds is 7. The molecule has 0 bridgehead atoms. The second-order valence-electron chi connectivity index (χ2n) is 6.59. The molecule has 0 radical (unpaired) electrons. The van der Waals surface area contributed by atoms with Gasteiger partial charge in [-0.1, -0.05) is 32.9 Å². The Kier molecular flexibility index (Phi) is 6.03. The zero-order valence-corrected chi connectivity index (χ0v) is 14.0. The molecule has 3 heteroatoms. The summed E-state index contributed by atoms with van der Waals surface area (Å²) in [5.74, 6) is 0. The first-order valence-corrected chi connectivity index (χ1v) is 7.52. The molecule has 1 aromatic rings. The summed E-state index contributed by atoms with van der Waals surface area (Å²) >= 11 is 0. The Bertz CT molecular complexity index is 395. The molecule has 1 aromatic carbocycles. The molecule has 0 spiro atoms. The number of hydrogen-bond acceptors (Lipinski definition) is 3. The molecular weight excluding hydrogens is 246 g/mol. The molecule has 0 saturated heterocycles. The number of benzene rings is 1. The monoisotopic (exact) mass is 277 g/mol. The lowest BCUT2D eigenvalue weighted by atomic mass is 9.92. The summed E-state index contributed by atoms with van der Waals surface area (Å²) in [5.41, 5.74) is 8.64. The molecule has 3 nitrogen and oxygen atoms in total. The average molecular weight is 277 g/mol. The van der Waals surface area contributed by atoms with E-state index in [1.54, 1.807) is 0 Å². The first-order valence-electron chi connectivity index (χ1n) is 7.52. The summed E-state index contributed by atoms with van der Waals surface area (Å²) in [6, 6.07) is 9.26. The van der Waals surface area contributed by atoms with Gasteiger partial charge in [-0.25, -0.2) is 0 Å².